The van der Waals surface area contributed by atoms with Crippen molar-refractivity contribution in [1.82, 2.24) is 4.98 Å². The smallest absolute Gasteiger partial charge is 0.235 e. The fourth-order valence-corrected chi connectivity index (χ4v) is 3.94. The maximum absolute atomic E-state index is 12.4. The number of carbonyl (C=O) groups excluding carboxylic acids is 1. The Bertz CT molecular complexity index is 1080. The van der Waals surface area contributed by atoms with Crippen molar-refractivity contribution < 1.29 is 13.6 Å². The molecule has 7 heteroatoms. The second-order valence-corrected chi connectivity index (χ2v) is 7.69. The lowest BCUT2D eigenvalue weighted by molar-refractivity contribution is -0.123. The predicted octanol–water partition coefficient (Wildman–Crippen LogP) is 4.96. The standard InChI is InChI=1S/C16H15N3O.C6H4F2S/c17-11-8-12(10-2-6-18-7-3-10)14-13(9-11)16(4-1-5-16)15(20)19-14;7-4-1-2-6(9)5(8)3-4/h2-3,6-9H,1,4-5,17H2,(H,19,20);1-3,9H. The van der Waals surface area contributed by atoms with Gasteiger partial charge < -0.3 is 11.1 Å². The molecule has 3 N–H and O–H groups in total. The number of rotatable bonds is 1. The Morgan fingerprint density at radius 2 is 1.79 bits per heavy atom. The summed E-state index contributed by atoms with van der Waals surface area (Å²) in [5, 5.41) is 3.07. The predicted molar refractivity (Wildman–Crippen MR) is 112 cm³/mol. The van der Waals surface area contributed by atoms with Gasteiger partial charge in [0.1, 0.15) is 11.6 Å². The van der Waals surface area contributed by atoms with Gasteiger partial charge in [-0.2, -0.15) is 0 Å². The van der Waals surface area contributed by atoms with Crippen LogP contribution in [0.4, 0.5) is 20.2 Å². The van der Waals surface area contributed by atoms with E-state index >= 15 is 0 Å². The van der Waals surface area contributed by atoms with Crippen LogP contribution < -0.4 is 11.1 Å². The SMILES string of the molecule is Fc1ccc(S)c(F)c1.Nc1cc(-c2ccncc2)c2c(c1)C1(CCC1)C(=O)N2. The van der Waals surface area contributed by atoms with Crippen molar-refractivity contribution in [2.24, 2.45) is 0 Å². The summed E-state index contributed by atoms with van der Waals surface area (Å²) >= 11 is 3.70. The van der Waals surface area contributed by atoms with E-state index in [2.05, 4.69) is 22.9 Å². The van der Waals surface area contributed by atoms with Gasteiger partial charge in [0.2, 0.25) is 5.91 Å². The van der Waals surface area contributed by atoms with Crippen LogP contribution in [0.5, 0.6) is 0 Å². The average molecular weight is 411 g/mol. The molecule has 1 aromatic heterocycles. The third-order valence-electron chi connectivity index (χ3n) is 5.46. The number of pyridine rings is 1. The fraction of sp³-hybridized carbons (Fsp3) is 0.182. The number of hydrogen-bond acceptors (Lipinski definition) is 4. The Kier molecular flexibility index (Phi) is 5.00. The third-order valence-corrected chi connectivity index (χ3v) is 5.82. The molecule has 1 aliphatic carbocycles. The number of fused-ring (bicyclic) bond motifs is 2. The van der Waals surface area contributed by atoms with Crippen molar-refractivity contribution in [2.45, 2.75) is 29.6 Å². The van der Waals surface area contributed by atoms with Crippen LogP contribution in [0.2, 0.25) is 0 Å². The second-order valence-electron chi connectivity index (χ2n) is 7.21. The first-order valence-corrected chi connectivity index (χ1v) is 9.65. The quantitative estimate of drug-likeness (QED) is 0.392. The van der Waals surface area contributed by atoms with Gasteiger partial charge in [0.15, 0.2) is 0 Å². The number of hydrogen-bond donors (Lipinski definition) is 3. The lowest BCUT2D eigenvalue weighted by Gasteiger charge is -2.36. The molecular weight excluding hydrogens is 392 g/mol. The summed E-state index contributed by atoms with van der Waals surface area (Å²) in [6.07, 6.45) is 6.45. The van der Waals surface area contributed by atoms with Crippen molar-refractivity contribution in [1.29, 1.82) is 0 Å². The van der Waals surface area contributed by atoms with Crippen LogP contribution in [0.3, 0.4) is 0 Å². The number of halogens is 2. The van der Waals surface area contributed by atoms with Gasteiger partial charge in [-0.25, -0.2) is 8.78 Å². The van der Waals surface area contributed by atoms with Crippen LogP contribution in [0.15, 0.2) is 59.8 Å². The maximum atomic E-state index is 12.4. The van der Waals surface area contributed by atoms with E-state index in [1.807, 2.05) is 24.3 Å². The number of amides is 1. The molecule has 0 radical (unpaired) electrons. The van der Waals surface area contributed by atoms with Crippen molar-refractivity contribution >= 4 is 29.9 Å². The van der Waals surface area contributed by atoms with Gasteiger partial charge in [0.05, 0.1) is 11.1 Å². The average Bonchev–Trinajstić information content (AvgIpc) is 2.97. The normalized spacial score (nSPS) is 15.8. The minimum Gasteiger partial charge on any atom is -0.399 e. The number of nitrogens with one attached hydrogen (secondary N) is 1. The fourth-order valence-electron chi connectivity index (χ4n) is 3.80. The van der Waals surface area contributed by atoms with E-state index in [-0.39, 0.29) is 16.2 Å². The van der Waals surface area contributed by atoms with Crippen molar-refractivity contribution in [3.05, 3.63) is 72.1 Å². The van der Waals surface area contributed by atoms with E-state index in [9.17, 15) is 13.6 Å². The summed E-state index contributed by atoms with van der Waals surface area (Å²) < 4.78 is 24.3. The zero-order valence-electron chi connectivity index (χ0n) is 15.5. The van der Waals surface area contributed by atoms with Gasteiger partial charge in [0.25, 0.3) is 0 Å². The molecule has 0 unspecified atom stereocenters. The summed E-state index contributed by atoms with van der Waals surface area (Å²) in [4.78, 5) is 16.6. The highest BCUT2D eigenvalue weighted by Crippen LogP contribution is 2.53. The van der Waals surface area contributed by atoms with E-state index in [0.29, 0.717) is 5.69 Å². The molecule has 0 bridgehead atoms. The van der Waals surface area contributed by atoms with E-state index in [1.165, 1.54) is 6.07 Å². The van der Waals surface area contributed by atoms with Crippen molar-refractivity contribution in [2.75, 3.05) is 11.1 Å². The van der Waals surface area contributed by atoms with Gasteiger partial charge in [-0.15, -0.1) is 12.6 Å². The highest BCUT2D eigenvalue weighted by molar-refractivity contribution is 7.80. The zero-order valence-corrected chi connectivity index (χ0v) is 16.3. The third kappa shape index (κ3) is 3.46. The number of nitrogens with zero attached hydrogens (tertiary/aromatic N) is 1. The summed E-state index contributed by atoms with van der Waals surface area (Å²) in [6.45, 7) is 0. The molecule has 4 nitrogen and oxygen atoms in total. The molecule has 1 saturated carbocycles. The van der Waals surface area contributed by atoms with E-state index in [0.717, 1.165) is 53.8 Å². The van der Waals surface area contributed by atoms with Gasteiger partial charge in [0, 0.05) is 34.6 Å². The topological polar surface area (TPSA) is 68.0 Å². The van der Waals surface area contributed by atoms with Crippen LogP contribution in [0.1, 0.15) is 24.8 Å². The molecule has 2 heterocycles. The van der Waals surface area contributed by atoms with E-state index in [1.54, 1.807) is 12.4 Å². The van der Waals surface area contributed by atoms with Gasteiger partial charge in [-0.05, 0) is 60.4 Å². The monoisotopic (exact) mass is 411 g/mol. The molecule has 0 atom stereocenters. The van der Waals surface area contributed by atoms with Crippen LogP contribution in [0, 0.1) is 11.6 Å². The van der Waals surface area contributed by atoms with E-state index < -0.39 is 11.6 Å². The number of benzene rings is 2. The van der Waals surface area contributed by atoms with Crippen LogP contribution >= 0.6 is 12.6 Å². The first-order chi connectivity index (χ1) is 13.9. The molecular formula is C22H19F2N3OS. The minimum absolute atomic E-state index is 0.125. The minimum atomic E-state index is -0.627. The Labute approximate surface area is 172 Å². The van der Waals surface area contributed by atoms with Crippen LogP contribution in [-0.2, 0) is 10.2 Å². The van der Waals surface area contributed by atoms with E-state index in [4.69, 9.17) is 5.73 Å². The van der Waals surface area contributed by atoms with Crippen LogP contribution in [-0.4, -0.2) is 10.9 Å². The van der Waals surface area contributed by atoms with Gasteiger partial charge in [-0.1, -0.05) is 6.42 Å². The summed E-state index contributed by atoms with van der Waals surface area (Å²) in [7, 11) is 0. The lowest BCUT2D eigenvalue weighted by Crippen LogP contribution is -2.40. The number of carbonyl (C=O) groups is 1. The maximum Gasteiger partial charge on any atom is 0.235 e. The number of nitrogens with two attached hydrogens (primary N) is 1. The zero-order chi connectivity index (χ0) is 20.6. The molecule has 5 rings (SSSR count). The second kappa shape index (κ2) is 7.48. The molecule has 2 aromatic carbocycles. The summed E-state index contributed by atoms with van der Waals surface area (Å²) in [6, 6.07) is 11.0. The van der Waals surface area contributed by atoms with Crippen molar-refractivity contribution in [3.63, 3.8) is 0 Å². The molecule has 2 aliphatic rings. The molecule has 29 heavy (non-hydrogen) atoms. The van der Waals surface area contributed by atoms with Gasteiger partial charge in [-0.3, -0.25) is 9.78 Å². The first-order valence-electron chi connectivity index (χ1n) is 9.20. The Morgan fingerprint density at radius 1 is 1.07 bits per heavy atom. The molecule has 148 valence electrons. The summed E-state index contributed by atoms with van der Waals surface area (Å²) in [5.41, 5.74) is 10.4. The number of nitrogen functional groups attached to an aromatic ring is 1. The summed E-state index contributed by atoms with van der Waals surface area (Å²) in [5.74, 6) is -1.08. The lowest BCUT2D eigenvalue weighted by atomic mass is 9.65. The van der Waals surface area contributed by atoms with Gasteiger partial charge >= 0.3 is 0 Å². The number of anilines is 2. The Hall–Kier alpha value is -2.93. The number of aromatic nitrogens is 1. The van der Waals surface area contributed by atoms with Crippen molar-refractivity contribution in [3.8, 4) is 11.1 Å². The Morgan fingerprint density at radius 3 is 2.38 bits per heavy atom. The molecule has 1 spiro atoms. The largest absolute Gasteiger partial charge is 0.399 e. The number of thiol groups is 1. The Balaban J connectivity index is 0.000000192. The highest BCUT2D eigenvalue weighted by atomic mass is 32.1. The first kappa shape index (κ1) is 19.4. The molecule has 1 aliphatic heterocycles. The molecule has 1 fully saturated rings. The molecule has 1 amide bonds. The highest BCUT2D eigenvalue weighted by Gasteiger charge is 2.51. The van der Waals surface area contributed by atoms with Crippen LogP contribution in [0.25, 0.3) is 11.1 Å². The molecule has 3 aromatic rings. The molecule has 0 saturated heterocycles.